The Morgan fingerprint density at radius 2 is 1.82 bits per heavy atom. The smallest absolute Gasteiger partial charge is 0.338 e. The number of carbonyl (C=O) groups is 4. The minimum absolute atomic E-state index is 0.365. The first-order valence-corrected chi connectivity index (χ1v) is 11.6. The summed E-state index contributed by atoms with van der Waals surface area (Å²) in [4.78, 5) is 51.3. The molecular formula is C26H29N3O5. The van der Waals surface area contributed by atoms with Crippen LogP contribution in [-0.4, -0.2) is 41.9 Å². The van der Waals surface area contributed by atoms with Gasteiger partial charge in [0.15, 0.2) is 0 Å². The second-order valence-electron chi connectivity index (χ2n) is 8.90. The van der Waals surface area contributed by atoms with Crippen molar-refractivity contribution in [2.45, 2.75) is 51.5 Å². The quantitative estimate of drug-likeness (QED) is 0.354. The molecule has 0 spiro atoms. The van der Waals surface area contributed by atoms with E-state index in [-0.39, 0.29) is 0 Å². The fourth-order valence-corrected chi connectivity index (χ4v) is 4.35. The number of urea groups is 1. The number of anilines is 1. The molecule has 1 atom stereocenters. The highest BCUT2D eigenvalue weighted by Crippen LogP contribution is 2.32. The van der Waals surface area contributed by atoms with Gasteiger partial charge in [0, 0.05) is 5.69 Å². The molecule has 1 unspecified atom stereocenters. The van der Waals surface area contributed by atoms with Crippen LogP contribution >= 0.6 is 0 Å². The topological polar surface area (TPSA) is 105 Å². The number of benzene rings is 2. The highest BCUT2D eigenvalue weighted by Gasteiger charge is 2.49. The van der Waals surface area contributed by atoms with Gasteiger partial charge in [-0.2, -0.15) is 0 Å². The molecule has 1 fully saturated rings. The van der Waals surface area contributed by atoms with E-state index in [9.17, 15) is 19.2 Å². The number of ether oxygens (including phenoxy) is 1. The van der Waals surface area contributed by atoms with E-state index in [4.69, 9.17) is 4.74 Å². The first-order valence-electron chi connectivity index (χ1n) is 11.6. The van der Waals surface area contributed by atoms with Gasteiger partial charge in [0.1, 0.15) is 12.1 Å². The van der Waals surface area contributed by atoms with Crippen LogP contribution in [0.15, 0.2) is 42.5 Å². The largest absolute Gasteiger partial charge is 0.462 e. The third-order valence-corrected chi connectivity index (χ3v) is 6.39. The van der Waals surface area contributed by atoms with Crippen LogP contribution < -0.4 is 10.6 Å². The molecule has 1 saturated heterocycles. The fraction of sp³-hybridized carbons (Fsp3) is 0.385. The minimum Gasteiger partial charge on any atom is -0.462 e. The zero-order chi connectivity index (χ0) is 24.3. The third-order valence-electron chi connectivity index (χ3n) is 6.39. The number of hydrogen-bond donors (Lipinski definition) is 2. The maximum absolute atomic E-state index is 13.2. The van der Waals surface area contributed by atoms with Crippen LogP contribution in [0.1, 0.15) is 60.2 Å². The van der Waals surface area contributed by atoms with Gasteiger partial charge in [-0.05, 0) is 73.6 Å². The molecular weight excluding hydrogens is 434 g/mol. The van der Waals surface area contributed by atoms with Gasteiger partial charge in [-0.25, -0.2) is 9.59 Å². The number of imide groups is 1. The number of rotatable bonds is 8. The van der Waals surface area contributed by atoms with E-state index in [2.05, 4.69) is 10.6 Å². The molecule has 0 aromatic heterocycles. The van der Waals surface area contributed by atoms with Crippen LogP contribution in [0, 0.1) is 0 Å². The number of aryl methyl sites for hydroxylation is 2. The van der Waals surface area contributed by atoms with E-state index in [1.807, 2.05) is 25.1 Å². The molecule has 0 bridgehead atoms. The molecule has 8 nitrogen and oxygen atoms in total. The highest BCUT2D eigenvalue weighted by molar-refractivity contribution is 6.10. The Labute approximate surface area is 198 Å². The van der Waals surface area contributed by atoms with Crippen molar-refractivity contribution in [1.29, 1.82) is 0 Å². The van der Waals surface area contributed by atoms with Crippen molar-refractivity contribution in [2.75, 3.05) is 18.5 Å². The molecule has 1 heterocycles. The Balaban J connectivity index is 1.38. The van der Waals surface area contributed by atoms with Crippen molar-refractivity contribution in [3.05, 3.63) is 64.7 Å². The number of carbonyl (C=O) groups excluding carboxylic acids is 4. The van der Waals surface area contributed by atoms with Gasteiger partial charge >= 0.3 is 12.0 Å². The number of fused-ring (bicyclic) bond motifs is 1. The van der Waals surface area contributed by atoms with E-state index in [1.165, 1.54) is 11.1 Å². The molecule has 4 amide bonds. The second kappa shape index (κ2) is 9.67. The van der Waals surface area contributed by atoms with Gasteiger partial charge in [-0.3, -0.25) is 14.5 Å². The molecule has 2 N–H and O–H groups in total. The van der Waals surface area contributed by atoms with Crippen molar-refractivity contribution >= 4 is 29.5 Å². The van der Waals surface area contributed by atoms with Crippen LogP contribution in [-0.2, 0) is 32.7 Å². The molecule has 2 aliphatic rings. The summed E-state index contributed by atoms with van der Waals surface area (Å²) in [6.07, 6.45) is 4.81. The van der Waals surface area contributed by atoms with E-state index in [0.717, 1.165) is 42.6 Å². The predicted molar refractivity (Wildman–Crippen MR) is 126 cm³/mol. The second-order valence-corrected chi connectivity index (χ2v) is 8.90. The Morgan fingerprint density at radius 1 is 1.09 bits per heavy atom. The van der Waals surface area contributed by atoms with E-state index >= 15 is 0 Å². The summed E-state index contributed by atoms with van der Waals surface area (Å²) in [7, 11) is 0. The maximum atomic E-state index is 13.2. The predicted octanol–water partition coefficient (Wildman–Crippen LogP) is 3.54. The summed E-state index contributed by atoms with van der Waals surface area (Å²) in [6.45, 7) is 3.63. The fourth-order valence-electron chi connectivity index (χ4n) is 4.35. The van der Waals surface area contributed by atoms with Gasteiger partial charge in [0.2, 0.25) is 5.91 Å². The summed E-state index contributed by atoms with van der Waals surface area (Å²) in [5, 5.41) is 5.42. The number of unbranched alkanes of at least 4 members (excludes halogenated alkanes) is 1. The molecule has 2 aromatic carbocycles. The molecule has 1 aliphatic heterocycles. The van der Waals surface area contributed by atoms with Crippen LogP contribution in [0.5, 0.6) is 0 Å². The maximum Gasteiger partial charge on any atom is 0.338 e. The summed E-state index contributed by atoms with van der Waals surface area (Å²) in [5.74, 6) is -1.40. The zero-order valence-corrected chi connectivity index (χ0v) is 19.5. The van der Waals surface area contributed by atoms with E-state index in [1.54, 1.807) is 31.2 Å². The lowest BCUT2D eigenvalue weighted by Crippen LogP contribution is -2.42. The Bertz CT molecular complexity index is 1130. The standard InChI is InChI=1S/C26H29N3O5/c1-3-4-14-34-23(31)18-9-12-21(13-10-18)27-22(30)16-29-24(32)26(2,28-25(29)33)20-11-8-17-6-5-7-19(17)15-20/h8-13,15H,3-7,14,16H2,1-2H3,(H,27,30)(H,28,33). The molecule has 8 heteroatoms. The molecule has 2 aromatic rings. The third kappa shape index (κ3) is 4.66. The Hall–Kier alpha value is -3.68. The van der Waals surface area contributed by atoms with Gasteiger partial charge in [-0.15, -0.1) is 0 Å². The van der Waals surface area contributed by atoms with Crippen molar-refractivity contribution in [3.63, 3.8) is 0 Å². The first kappa shape index (κ1) is 23.5. The normalized spacial score (nSPS) is 19.1. The summed E-state index contributed by atoms with van der Waals surface area (Å²) >= 11 is 0. The molecule has 1 aliphatic carbocycles. The van der Waals surface area contributed by atoms with E-state index < -0.39 is 35.9 Å². The average Bonchev–Trinajstić information content (AvgIpc) is 3.38. The van der Waals surface area contributed by atoms with Gasteiger partial charge in [0.25, 0.3) is 5.91 Å². The van der Waals surface area contributed by atoms with Crippen LogP contribution in [0.25, 0.3) is 0 Å². The van der Waals surface area contributed by atoms with Gasteiger partial charge < -0.3 is 15.4 Å². The van der Waals surface area contributed by atoms with Crippen molar-refractivity contribution in [2.24, 2.45) is 0 Å². The summed E-state index contributed by atoms with van der Waals surface area (Å²) in [5.41, 5.74) is 2.82. The van der Waals surface area contributed by atoms with Crippen LogP contribution in [0.2, 0.25) is 0 Å². The lowest BCUT2D eigenvalue weighted by atomic mass is 9.89. The Morgan fingerprint density at radius 3 is 2.56 bits per heavy atom. The first-order chi connectivity index (χ1) is 16.3. The SMILES string of the molecule is CCCCOC(=O)c1ccc(NC(=O)CN2C(=O)NC(C)(c3ccc4c(c3)CCC4)C2=O)cc1. The number of nitrogens with zero attached hydrogens (tertiary/aromatic N) is 1. The van der Waals surface area contributed by atoms with Crippen molar-refractivity contribution in [1.82, 2.24) is 10.2 Å². The van der Waals surface area contributed by atoms with Crippen molar-refractivity contribution < 1.29 is 23.9 Å². The van der Waals surface area contributed by atoms with Gasteiger partial charge in [-0.1, -0.05) is 31.5 Å². The van der Waals surface area contributed by atoms with Crippen LogP contribution in [0.3, 0.4) is 0 Å². The molecule has 34 heavy (non-hydrogen) atoms. The lowest BCUT2D eigenvalue weighted by Gasteiger charge is -2.23. The average molecular weight is 464 g/mol. The minimum atomic E-state index is -1.21. The van der Waals surface area contributed by atoms with E-state index in [0.29, 0.717) is 17.9 Å². The molecule has 0 radical (unpaired) electrons. The van der Waals surface area contributed by atoms with Crippen molar-refractivity contribution in [3.8, 4) is 0 Å². The monoisotopic (exact) mass is 463 g/mol. The number of amides is 4. The van der Waals surface area contributed by atoms with Crippen LogP contribution in [0.4, 0.5) is 10.5 Å². The number of hydrogen-bond acceptors (Lipinski definition) is 5. The lowest BCUT2D eigenvalue weighted by molar-refractivity contribution is -0.133. The summed E-state index contributed by atoms with van der Waals surface area (Å²) in [6, 6.07) is 11.5. The summed E-state index contributed by atoms with van der Waals surface area (Å²) < 4.78 is 5.17. The zero-order valence-electron chi connectivity index (χ0n) is 19.5. The number of esters is 1. The highest BCUT2D eigenvalue weighted by atomic mass is 16.5. The number of nitrogens with one attached hydrogen (secondary N) is 2. The molecule has 178 valence electrons. The molecule has 4 rings (SSSR count). The Kier molecular flexibility index (Phi) is 6.68. The van der Waals surface area contributed by atoms with Gasteiger partial charge in [0.05, 0.1) is 12.2 Å². The molecule has 0 saturated carbocycles.